The number of rotatable bonds is 4. The maximum absolute atomic E-state index is 14.6. The van der Waals surface area contributed by atoms with Gasteiger partial charge in [-0.1, -0.05) is 22.8 Å². The molecule has 5 rings (SSSR count). The van der Waals surface area contributed by atoms with Crippen LogP contribution in [-0.4, -0.2) is 30.1 Å². The van der Waals surface area contributed by atoms with Gasteiger partial charge in [-0.25, -0.2) is 9.07 Å². The third-order valence-corrected chi connectivity index (χ3v) is 4.97. The summed E-state index contributed by atoms with van der Waals surface area (Å²) in [5, 5.41) is 14.9. The first kappa shape index (κ1) is 20.8. The van der Waals surface area contributed by atoms with Gasteiger partial charge in [0.2, 0.25) is 6.39 Å². The van der Waals surface area contributed by atoms with Gasteiger partial charge in [-0.2, -0.15) is 18.3 Å². The fourth-order valence-electron chi connectivity index (χ4n) is 3.32. The standard InChI is InChI=1S/C20H9ClF4N6O2/c21-12-2-1-3-13(22)14(12)16-15(19-29-27-9-32-19)17(33-30-16)11-8-28-31(18(11)20(23,24)25)10-4-6-26-7-5-10/h1-9H. The Hall–Kier alpha value is -4.06. The SMILES string of the molecule is Fc1cccc(Cl)c1-c1noc(-c2cnn(-c3ccncc3)c2C(F)(F)F)c1-c1nnco1. The molecule has 4 aromatic heterocycles. The topological polar surface area (TPSA) is 95.7 Å². The van der Waals surface area contributed by atoms with Crippen LogP contribution in [0.4, 0.5) is 17.6 Å². The average molecular weight is 477 g/mol. The Morgan fingerprint density at radius 3 is 2.48 bits per heavy atom. The predicted molar refractivity (Wildman–Crippen MR) is 106 cm³/mol. The third-order valence-electron chi connectivity index (χ3n) is 4.66. The van der Waals surface area contributed by atoms with Gasteiger partial charge in [-0.05, 0) is 24.3 Å². The van der Waals surface area contributed by atoms with Gasteiger partial charge in [0.15, 0.2) is 11.5 Å². The van der Waals surface area contributed by atoms with Crippen molar-refractivity contribution in [1.29, 1.82) is 0 Å². The molecule has 1 aromatic carbocycles. The molecule has 0 spiro atoms. The van der Waals surface area contributed by atoms with Gasteiger partial charge in [0.1, 0.15) is 17.1 Å². The van der Waals surface area contributed by atoms with Crippen LogP contribution in [0, 0.1) is 5.82 Å². The molecule has 33 heavy (non-hydrogen) atoms. The monoisotopic (exact) mass is 476 g/mol. The van der Waals surface area contributed by atoms with E-state index in [1.54, 1.807) is 0 Å². The van der Waals surface area contributed by atoms with Crippen molar-refractivity contribution in [3.8, 4) is 39.7 Å². The molecule has 13 heteroatoms. The predicted octanol–water partition coefficient (Wildman–Crippen LogP) is 5.45. The highest BCUT2D eigenvalue weighted by atomic mass is 35.5. The van der Waals surface area contributed by atoms with Crippen molar-refractivity contribution < 1.29 is 26.5 Å². The quantitative estimate of drug-likeness (QED) is 0.318. The summed E-state index contributed by atoms with van der Waals surface area (Å²) in [4.78, 5) is 3.80. The lowest BCUT2D eigenvalue weighted by Gasteiger charge is -2.12. The van der Waals surface area contributed by atoms with Gasteiger partial charge in [0, 0.05) is 12.4 Å². The summed E-state index contributed by atoms with van der Waals surface area (Å²) >= 11 is 6.15. The number of aromatic nitrogens is 6. The van der Waals surface area contributed by atoms with Crippen LogP contribution < -0.4 is 0 Å². The zero-order chi connectivity index (χ0) is 23.2. The van der Waals surface area contributed by atoms with Gasteiger partial charge in [-0.3, -0.25) is 4.98 Å². The van der Waals surface area contributed by atoms with Crippen LogP contribution in [0.1, 0.15) is 5.69 Å². The Morgan fingerprint density at radius 1 is 1.03 bits per heavy atom. The van der Waals surface area contributed by atoms with E-state index in [-0.39, 0.29) is 33.4 Å². The van der Waals surface area contributed by atoms with Crippen molar-refractivity contribution in [3.63, 3.8) is 0 Å². The number of pyridine rings is 1. The summed E-state index contributed by atoms with van der Waals surface area (Å²) in [5.74, 6) is -1.42. The number of halogens is 5. The van der Waals surface area contributed by atoms with Gasteiger partial charge >= 0.3 is 6.18 Å². The Labute approximate surface area is 186 Å². The van der Waals surface area contributed by atoms with Gasteiger partial charge in [0.25, 0.3) is 5.89 Å². The third kappa shape index (κ3) is 3.53. The Morgan fingerprint density at radius 2 is 1.82 bits per heavy atom. The van der Waals surface area contributed by atoms with Crippen molar-refractivity contribution in [2.24, 2.45) is 0 Å². The van der Waals surface area contributed by atoms with Crippen LogP contribution in [0.2, 0.25) is 5.02 Å². The van der Waals surface area contributed by atoms with Crippen molar-refractivity contribution in [3.05, 3.63) is 71.8 Å². The second-order valence-corrected chi connectivity index (χ2v) is 7.00. The summed E-state index contributed by atoms with van der Waals surface area (Å²) in [7, 11) is 0. The molecule has 0 bridgehead atoms. The van der Waals surface area contributed by atoms with Crippen LogP contribution >= 0.6 is 11.6 Å². The van der Waals surface area contributed by atoms with E-state index in [9.17, 15) is 17.6 Å². The summed E-state index contributed by atoms with van der Waals surface area (Å²) in [5.41, 5.74) is -2.09. The largest absolute Gasteiger partial charge is 0.434 e. The molecule has 166 valence electrons. The minimum atomic E-state index is -4.86. The second kappa shape index (κ2) is 7.81. The van der Waals surface area contributed by atoms with E-state index in [1.807, 2.05) is 0 Å². The van der Waals surface area contributed by atoms with Crippen molar-refractivity contribution in [2.45, 2.75) is 6.18 Å². The summed E-state index contributed by atoms with van der Waals surface area (Å²) in [6.07, 6.45) is -0.287. The molecule has 0 aliphatic carbocycles. The van der Waals surface area contributed by atoms with E-state index in [0.29, 0.717) is 4.68 Å². The summed E-state index contributed by atoms with van der Waals surface area (Å²) in [6.45, 7) is 0. The first-order chi connectivity index (χ1) is 15.9. The Balaban J connectivity index is 1.80. The molecule has 0 aliphatic heterocycles. The number of nitrogens with zero attached hydrogens (tertiary/aromatic N) is 6. The van der Waals surface area contributed by atoms with E-state index < -0.39 is 29.0 Å². The molecule has 0 saturated heterocycles. The molecular weight excluding hydrogens is 468 g/mol. The zero-order valence-corrected chi connectivity index (χ0v) is 16.8. The molecule has 0 radical (unpaired) electrons. The van der Waals surface area contributed by atoms with E-state index in [1.165, 1.54) is 36.7 Å². The lowest BCUT2D eigenvalue weighted by atomic mass is 10.0. The van der Waals surface area contributed by atoms with Crippen LogP contribution in [0.25, 0.3) is 39.7 Å². The Kier molecular flexibility index (Phi) is 4.93. The van der Waals surface area contributed by atoms with Gasteiger partial charge in [0.05, 0.1) is 28.0 Å². The molecule has 0 aliphatic rings. The first-order valence-electron chi connectivity index (χ1n) is 9.13. The fourth-order valence-corrected chi connectivity index (χ4v) is 3.57. The Bertz CT molecular complexity index is 1410. The van der Waals surface area contributed by atoms with Crippen molar-refractivity contribution in [1.82, 2.24) is 30.1 Å². The fraction of sp³-hybridized carbons (Fsp3) is 0.0500. The maximum atomic E-state index is 14.6. The smallest absolute Gasteiger partial charge is 0.423 e. The van der Waals surface area contributed by atoms with Gasteiger partial charge in [-0.15, -0.1) is 10.2 Å². The number of hydrogen-bond donors (Lipinski definition) is 0. The van der Waals surface area contributed by atoms with E-state index >= 15 is 0 Å². The van der Waals surface area contributed by atoms with Crippen LogP contribution in [-0.2, 0) is 6.18 Å². The maximum Gasteiger partial charge on any atom is 0.434 e. The molecule has 0 amide bonds. The molecule has 8 nitrogen and oxygen atoms in total. The van der Waals surface area contributed by atoms with E-state index in [0.717, 1.165) is 18.7 Å². The van der Waals surface area contributed by atoms with Crippen LogP contribution in [0.15, 0.2) is 64.3 Å². The van der Waals surface area contributed by atoms with Crippen molar-refractivity contribution in [2.75, 3.05) is 0 Å². The molecule has 5 aromatic rings. The lowest BCUT2D eigenvalue weighted by Crippen LogP contribution is -2.14. The molecule has 4 heterocycles. The van der Waals surface area contributed by atoms with E-state index in [2.05, 4.69) is 25.4 Å². The number of hydrogen-bond acceptors (Lipinski definition) is 7. The highest BCUT2D eigenvalue weighted by Gasteiger charge is 2.42. The van der Waals surface area contributed by atoms with E-state index in [4.69, 9.17) is 20.5 Å². The lowest BCUT2D eigenvalue weighted by molar-refractivity contribution is -0.142. The normalized spacial score (nSPS) is 11.8. The summed E-state index contributed by atoms with van der Waals surface area (Å²) in [6, 6.07) is 6.60. The minimum absolute atomic E-state index is 0.0425. The average Bonchev–Trinajstić information content (AvgIpc) is 3.52. The van der Waals surface area contributed by atoms with Crippen molar-refractivity contribution >= 4 is 11.6 Å². The minimum Gasteiger partial charge on any atom is -0.423 e. The molecule has 0 saturated carbocycles. The summed E-state index contributed by atoms with van der Waals surface area (Å²) < 4.78 is 68.3. The number of benzene rings is 1. The second-order valence-electron chi connectivity index (χ2n) is 6.60. The highest BCUT2D eigenvalue weighted by Crippen LogP contribution is 2.46. The zero-order valence-electron chi connectivity index (χ0n) is 16.1. The van der Waals surface area contributed by atoms with Gasteiger partial charge < -0.3 is 8.94 Å². The molecule has 0 atom stereocenters. The molecular formula is C20H9ClF4N6O2. The first-order valence-corrected chi connectivity index (χ1v) is 9.50. The van der Waals surface area contributed by atoms with Crippen LogP contribution in [0.3, 0.4) is 0 Å². The number of alkyl halides is 3. The highest BCUT2D eigenvalue weighted by molar-refractivity contribution is 6.33. The van der Waals surface area contributed by atoms with Crippen LogP contribution in [0.5, 0.6) is 0 Å². The molecule has 0 N–H and O–H groups in total. The molecule has 0 fully saturated rings. The molecule has 0 unspecified atom stereocenters.